The van der Waals surface area contributed by atoms with Crippen LogP contribution in [-0.2, 0) is 41.7 Å². The molecule has 0 spiro atoms. The Balaban J connectivity index is 2.48. The fourth-order valence-corrected chi connectivity index (χ4v) is 2.97. The van der Waals surface area contributed by atoms with E-state index in [1.165, 1.54) is 19.4 Å². The van der Waals surface area contributed by atoms with Gasteiger partial charge in [-0.15, -0.1) is 0 Å². The third-order valence-corrected chi connectivity index (χ3v) is 5.32. The lowest BCUT2D eigenvalue weighted by atomic mass is 9.93. The summed E-state index contributed by atoms with van der Waals surface area (Å²) >= 11 is 0. The number of rotatable bonds is 15. The summed E-state index contributed by atoms with van der Waals surface area (Å²) in [7, 11) is 8.50. The number of carbonyl (C=O) groups excluding carboxylic acids is 3. The number of hydrogen-bond donors (Lipinski definition) is 1. The van der Waals surface area contributed by atoms with Gasteiger partial charge in [0.05, 0.1) is 40.5 Å². The highest BCUT2D eigenvalue weighted by Gasteiger charge is 2.36. The molecule has 198 valence electrons. The van der Waals surface area contributed by atoms with Crippen molar-refractivity contribution in [3.05, 3.63) is 35.4 Å². The van der Waals surface area contributed by atoms with Crippen molar-refractivity contribution in [1.82, 2.24) is 4.90 Å². The molecule has 0 aliphatic heterocycles. The number of ether oxygens (including phenoxy) is 4. The van der Waals surface area contributed by atoms with Crippen molar-refractivity contribution in [2.45, 2.75) is 33.4 Å². The van der Waals surface area contributed by atoms with E-state index in [0.29, 0.717) is 6.42 Å². The van der Waals surface area contributed by atoms with Crippen LogP contribution in [0.3, 0.4) is 0 Å². The number of aliphatic hydroxyl groups excluding tert-OH is 1. The second-order valence-electron chi connectivity index (χ2n) is 9.81. The molecule has 1 aromatic carbocycles. The topological polar surface area (TPSA) is 112 Å². The zero-order valence-electron chi connectivity index (χ0n) is 21.9. The maximum absolute atomic E-state index is 12.6. The van der Waals surface area contributed by atoms with E-state index in [9.17, 15) is 19.5 Å². The van der Waals surface area contributed by atoms with E-state index in [0.717, 1.165) is 29.7 Å². The minimum Gasteiger partial charge on any atom is -0.466 e. The maximum atomic E-state index is 12.6. The number of quaternary nitrogens is 1. The normalized spacial score (nSPS) is 13.1. The average Bonchev–Trinajstić information content (AvgIpc) is 2.80. The second-order valence-corrected chi connectivity index (χ2v) is 9.81. The number of likely N-dealkylation sites (N-methyl/N-ethyl adjacent to an activating group) is 2. The Morgan fingerprint density at radius 1 is 0.971 bits per heavy atom. The highest BCUT2D eigenvalue weighted by atomic mass is 16.7. The molecule has 0 heterocycles. The van der Waals surface area contributed by atoms with E-state index in [4.69, 9.17) is 18.9 Å². The smallest absolute Gasteiger partial charge is 0.466 e. The van der Waals surface area contributed by atoms with Crippen LogP contribution < -0.4 is 0 Å². The number of carbonyl (C=O) groups is 3. The van der Waals surface area contributed by atoms with Crippen molar-refractivity contribution < 1.29 is 42.9 Å². The Kier molecular flexibility index (Phi) is 12.7. The molecule has 1 unspecified atom stereocenters. The van der Waals surface area contributed by atoms with Gasteiger partial charge in [0.15, 0.2) is 0 Å². The molecule has 1 rings (SSSR count). The van der Waals surface area contributed by atoms with Gasteiger partial charge in [0.1, 0.15) is 25.2 Å². The Hall–Kier alpha value is -2.69. The van der Waals surface area contributed by atoms with Gasteiger partial charge in [-0.3, -0.25) is 9.59 Å². The first-order valence-electron chi connectivity index (χ1n) is 11.6. The van der Waals surface area contributed by atoms with Gasteiger partial charge in [0, 0.05) is 25.5 Å². The van der Waals surface area contributed by atoms with E-state index >= 15 is 0 Å². The number of esters is 2. The molecule has 0 saturated heterocycles. The largest absolute Gasteiger partial charge is 0.508 e. The standard InChI is InChI=1S/C25H41N2O8/c1-20(29)32-14-7-15-33-24(31)35-19-25(2,18-28)23(30)34-17-22-10-8-21(9-11-22)16-27(5,6)13-12-26(3)4/h8-11,28H,7,12-19H2,1-6H3/q+1. The zero-order chi connectivity index (χ0) is 26.5. The predicted octanol–water partition coefficient (Wildman–Crippen LogP) is 1.97. The Labute approximate surface area is 208 Å². The van der Waals surface area contributed by atoms with Crippen LogP contribution in [0.25, 0.3) is 0 Å². The summed E-state index contributed by atoms with van der Waals surface area (Å²) in [6, 6.07) is 7.86. The number of nitrogens with zero attached hydrogens (tertiary/aromatic N) is 2. The Morgan fingerprint density at radius 3 is 2.14 bits per heavy atom. The molecule has 1 N–H and O–H groups in total. The van der Waals surface area contributed by atoms with Crippen molar-refractivity contribution in [2.24, 2.45) is 5.41 Å². The van der Waals surface area contributed by atoms with E-state index in [-0.39, 0.29) is 19.8 Å². The lowest BCUT2D eigenvalue weighted by Gasteiger charge is -2.31. The van der Waals surface area contributed by atoms with Crippen molar-refractivity contribution in [1.29, 1.82) is 0 Å². The maximum Gasteiger partial charge on any atom is 0.508 e. The lowest BCUT2D eigenvalue weighted by molar-refractivity contribution is -0.903. The molecule has 0 fully saturated rings. The zero-order valence-corrected chi connectivity index (χ0v) is 21.9. The van der Waals surface area contributed by atoms with Crippen molar-refractivity contribution >= 4 is 18.1 Å². The first-order valence-corrected chi connectivity index (χ1v) is 11.6. The molecule has 10 nitrogen and oxygen atoms in total. The summed E-state index contributed by atoms with van der Waals surface area (Å²) in [5.41, 5.74) is 0.572. The van der Waals surface area contributed by atoms with Crippen LogP contribution in [0.5, 0.6) is 0 Å². The van der Waals surface area contributed by atoms with E-state index in [1.54, 1.807) is 0 Å². The fraction of sp³-hybridized carbons (Fsp3) is 0.640. The summed E-state index contributed by atoms with van der Waals surface area (Å²) < 4.78 is 20.8. The molecular formula is C25H41N2O8+. The van der Waals surface area contributed by atoms with E-state index in [2.05, 4.69) is 33.1 Å². The number of hydrogen-bond acceptors (Lipinski definition) is 9. The van der Waals surface area contributed by atoms with Crippen molar-refractivity contribution in [3.8, 4) is 0 Å². The van der Waals surface area contributed by atoms with Crippen LogP contribution in [0.4, 0.5) is 4.79 Å². The third kappa shape index (κ3) is 12.5. The summed E-state index contributed by atoms with van der Waals surface area (Å²) in [4.78, 5) is 37.1. The highest BCUT2D eigenvalue weighted by molar-refractivity contribution is 5.77. The molecule has 0 saturated carbocycles. The summed E-state index contributed by atoms with van der Waals surface area (Å²) in [5, 5.41) is 9.70. The molecule has 0 radical (unpaired) electrons. The molecule has 1 atom stereocenters. The molecule has 0 aliphatic carbocycles. The van der Waals surface area contributed by atoms with Crippen LogP contribution in [-0.4, -0.2) is 100 Å². The van der Waals surface area contributed by atoms with Gasteiger partial charge in [-0.2, -0.15) is 0 Å². The average molecular weight is 498 g/mol. The Morgan fingerprint density at radius 2 is 1.57 bits per heavy atom. The summed E-state index contributed by atoms with van der Waals surface area (Å²) in [6.07, 6.45) is -0.665. The number of benzene rings is 1. The molecule has 0 aromatic heterocycles. The van der Waals surface area contributed by atoms with Crippen LogP contribution in [0.2, 0.25) is 0 Å². The molecule has 10 heteroatoms. The first kappa shape index (κ1) is 30.3. The van der Waals surface area contributed by atoms with Gasteiger partial charge >= 0.3 is 18.1 Å². The monoisotopic (exact) mass is 497 g/mol. The summed E-state index contributed by atoms with van der Waals surface area (Å²) in [5.74, 6) is -1.10. The fourth-order valence-electron chi connectivity index (χ4n) is 2.97. The molecular weight excluding hydrogens is 456 g/mol. The molecule has 0 aliphatic rings. The van der Waals surface area contributed by atoms with Gasteiger partial charge in [0.25, 0.3) is 0 Å². The Bertz CT molecular complexity index is 810. The van der Waals surface area contributed by atoms with Crippen molar-refractivity contribution in [3.63, 3.8) is 0 Å². The lowest BCUT2D eigenvalue weighted by Crippen LogP contribution is -2.43. The highest BCUT2D eigenvalue weighted by Crippen LogP contribution is 2.20. The number of aliphatic hydroxyl groups is 1. The second kappa shape index (κ2) is 14.7. The van der Waals surface area contributed by atoms with Gasteiger partial charge < -0.3 is 33.4 Å². The molecule has 1 aromatic rings. The van der Waals surface area contributed by atoms with Crippen LogP contribution in [0.15, 0.2) is 24.3 Å². The minimum absolute atomic E-state index is 0.00584. The van der Waals surface area contributed by atoms with Gasteiger partial charge in [0.2, 0.25) is 0 Å². The molecule has 0 bridgehead atoms. The minimum atomic E-state index is -1.43. The third-order valence-electron chi connectivity index (χ3n) is 5.32. The van der Waals surface area contributed by atoms with E-state index in [1.807, 2.05) is 24.3 Å². The quantitative estimate of drug-likeness (QED) is 0.168. The molecule has 0 amide bonds. The molecule has 35 heavy (non-hydrogen) atoms. The first-order chi connectivity index (χ1) is 16.4. The predicted molar refractivity (Wildman–Crippen MR) is 129 cm³/mol. The SMILES string of the molecule is CC(=O)OCCCOC(=O)OCC(C)(CO)C(=O)OCc1ccc(C[N+](C)(C)CCN(C)C)cc1. The van der Waals surface area contributed by atoms with Crippen LogP contribution in [0, 0.1) is 5.41 Å². The van der Waals surface area contributed by atoms with Gasteiger partial charge in [-0.25, -0.2) is 4.79 Å². The van der Waals surface area contributed by atoms with Crippen LogP contribution >= 0.6 is 0 Å². The van der Waals surface area contributed by atoms with Crippen LogP contribution in [0.1, 0.15) is 31.4 Å². The van der Waals surface area contributed by atoms with Gasteiger partial charge in [-0.1, -0.05) is 24.3 Å². The summed E-state index contributed by atoms with van der Waals surface area (Å²) in [6.45, 7) is 4.83. The van der Waals surface area contributed by atoms with E-state index < -0.39 is 36.7 Å². The van der Waals surface area contributed by atoms with Crippen molar-refractivity contribution in [2.75, 3.05) is 67.7 Å². The van der Waals surface area contributed by atoms with Gasteiger partial charge in [-0.05, 0) is 26.6 Å².